The Labute approximate surface area is 185 Å². The summed E-state index contributed by atoms with van der Waals surface area (Å²) in [6.45, 7) is 0.288. The molecule has 1 amide bonds. The summed E-state index contributed by atoms with van der Waals surface area (Å²) in [5.74, 6) is -1.50. The first-order valence-electron chi connectivity index (χ1n) is 9.58. The van der Waals surface area contributed by atoms with Gasteiger partial charge in [0.05, 0.1) is 21.7 Å². The lowest BCUT2D eigenvalue weighted by Crippen LogP contribution is -2.35. The number of ether oxygens (including phenoxy) is 1. The number of amides is 1. The third-order valence-corrected chi connectivity index (χ3v) is 6.86. The lowest BCUT2D eigenvalue weighted by Gasteiger charge is -2.25. The van der Waals surface area contributed by atoms with E-state index < -0.39 is 28.5 Å². The number of halogens is 1. The van der Waals surface area contributed by atoms with E-state index in [1.54, 1.807) is 0 Å². The van der Waals surface area contributed by atoms with Crippen molar-refractivity contribution in [3.8, 4) is 6.07 Å². The van der Waals surface area contributed by atoms with Crippen molar-refractivity contribution >= 4 is 39.2 Å². The zero-order chi connectivity index (χ0) is 22.4. The Balaban J connectivity index is 1.65. The van der Waals surface area contributed by atoms with E-state index in [1.807, 2.05) is 6.07 Å². The Bertz CT molecular complexity index is 1140. The molecule has 8 nitrogen and oxygen atoms in total. The summed E-state index contributed by atoms with van der Waals surface area (Å²) in [6.07, 6.45) is 2.60. The van der Waals surface area contributed by atoms with Crippen LogP contribution in [0, 0.1) is 11.3 Å². The summed E-state index contributed by atoms with van der Waals surface area (Å²) in [6, 6.07) is 11.9. The number of carbonyl (C=O) groups is 2. The van der Waals surface area contributed by atoms with Gasteiger partial charge in [-0.1, -0.05) is 24.1 Å². The number of carbonyl (C=O) groups excluding carboxylic acids is 2. The van der Waals surface area contributed by atoms with Crippen LogP contribution < -0.4 is 5.32 Å². The molecule has 2 aromatic carbocycles. The maximum atomic E-state index is 12.8. The van der Waals surface area contributed by atoms with Crippen molar-refractivity contribution in [2.75, 3.05) is 25.0 Å². The van der Waals surface area contributed by atoms with Gasteiger partial charge in [-0.15, -0.1) is 0 Å². The summed E-state index contributed by atoms with van der Waals surface area (Å²) < 4.78 is 32.0. The normalized spacial score (nSPS) is 14.5. The minimum absolute atomic E-state index is 0.00545. The van der Waals surface area contributed by atoms with Gasteiger partial charge in [-0.25, -0.2) is 13.2 Å². The topological polar surface area (TPSA) is 117 Å². The fourth-order valence-electron chi connectivity index (χ4n) is 3.16. The molecule has 0 aliphatic carbocycles. The molecule has 0 unspecified atom stereocenters. The summed E-state index contributed by atoms with van der Waals surface area (Å²) in [5, 5.41) is 11.9. The summed E-state index contributed by atoms with van der Waals surface area (Å²) in [5.41, 5.74) is 0.428. The Morgan fingerprint density at radius 3 is 2.58 bits per heavy atom. The highest BCUT2D eigenvalue weighted by molar-refractivity contribution is 7.89. The molecule has 0 bridgehead atoms. The van der Waals surface area contributed by atoms with Crippen LogP contribution in [0.1, 0.15) is 35.2 Å². The van der Waals surface area contributed by atoms with Crippen LogP contribution in [-0.2, 0) is 19.6 Å². The van der Waals surface area contributed by atoms with E-state index in [9.17, 15) is 18.0 Å². The number of sulfonamides is 1. The third-order valence-electron chi connectivity index (χ3n) is 4.73. The molecule has 1 heterocycles. The number of benzene rings is 2. The van der Waals surface area contributed by atoms with Gasteiger partial charge in [0.25, 0.3) is 5.91 Å². The zero-order valence-electron chi connectivity index (χ0n) is 16.5. The molecular formula is C21H20ClN3O5S. The number of nitrogens with one attached hydrogen (secondary N) is 1. The molecule has 3 rings (SSSR count). The van der Waals surface area contributed by atoms with Crippen molar-refractivity contribution in [2.45, 2.75) is 24.2 Å². The average molecular weight is 462 g/mol. The summed E-state index contributed by atoms with van der Waals surface area (Å²) in [7, 11) is -3.70. The Hall–Kier alpha value is -2.93. The summed E-state index contributed by atoms with van der Waals surface area (Å²) in [4.78, 5) is 24.5. The standard InChI is InChI=1S/C21H20ClN3O5S/c22-17-8-7-16(13-23)19(12-17)24-20(26)14-30-21(27)15-5-4-6-18(11-15)31(28,29)25-9-2-1-3-10-25/h4-8,11-12H,1-3,9-10,14H2,(H,24,26). The molecule has 1 aliphatic heterocycles. The maximum Gasteiger partial charge on any atom is 0.338 e. The molecule has 0 spiro atoms. The molecule has 1 fully saturated rings. The minimum atomic E-state index is -3.70. The quantitative estimate of drug-likeness (QED) is 0.660. The predicted octanol–water partition coefficient (Wildman–Crippen LogP) is 3.18. The van der Waals surface area contributed by atoms with Crippen LogP contribution in [0.25, 0.3) is 0 Å². The Morgan fingerprint density at radius 1 is 1.13 bits per heavy atom. The van der Waals surface area contributed by atoms with Crippen molar-refractivity contribution in [1.82, 2.24) is 4.31 Å². The Morgan fingerprint density at radius 2 is 1.87 bits per heavy atom. The number of hydrogen-bond donors (Lipinski definition) is 1. The molecule has 31 heavy (non-hydrogen) atoms. The Kier molecular flexibility index (Phi) is 7.28. The molecule has 2 aromatic rings. The van der Waals surface area contributed by atoms with Gasteiger partial charge in [0, 0.05) is 18.1 Å². The largest absolute Gasteiger partial charge is 0.452 e. The molecule has 0 aromatic heterocycles. The van der Waals surface area contributed by atoms with E-state index in [-0.39, 0.29) is 21.7 Å². The lowest BCUT2D eigenvalue weighted by molar-refractivity contribution is -0.119. The van der Waals surface area contributed by atoms with Gasteiger partial charge in [-0.3, -0.25) is 4.79 Å². The van der Waals surface area contributed by atoms with Crippen LogP contribution in [-0.4, -0.2) is 44.3 Å². The number of esters is 1. The van der Waals surface area contributed by atoms with Crippen molar-refractivity contribution in [3.05, 3.63) is 58.6 Å². The van der Waals surface area contributed by atoms with Crippen LogP contribution in [0.4, 0.5) is 5.69 Å². The van der Waals surface area contributed by atoms with E-state index in [2.05, 4.69) is 5.32 Å². The van der Waals surface area contributed by atoms with E-state index in [4.69, 9.17) is 21.6 Å². The molecule has 1 aliphatic rings. The highest BCUT2D eigenvalue weighted by atomic mass is 35.5. The monoisotopic (exact) mass is 461 g/mol. The number of anilines is 1. The van der Waals surface area contributed by atoms with Crippen LogP contribution >= 0.6 is 11.6 Å². The molecule has 0 saturated carbocycles. The van der Waals surface area contributed by atoms with Crippen LogP contribution in [0.5, 0.6) is 0 Å². The molecule has 1 saturated heterocycles. The van der Waals surface area contributed by atoms with Gasteiger partial charge in [-0.2, -0.15) is 9.57 Å². The maximum absolute atomic E-state index is 12.8. The van der Waals surface area contributed by atoms with Crippen molar-refractivity contribution in [1.29, 1.82) is 5.26 Å². The highest BCUT2D eigenvalue weighted by Gasteiger charge is 2.26. The van der Waals surface area contributed by atoms with Gasteiger partial charge in [0.2, 0.25) is 10.0 Å². The van der Waals surface area contributed by atoms with E-state index in [0.717, 1.165) is 19.3 Å². The number of nitriles is 1. The summed E-state index contributed by atoms with van der Waals surface area (Å²) >= 11 is 5.87. The molecular weight excluding hydrogens is 442 g/mol. The van der Waals surface area contributed by atoms with Crippen molar-refractivity contribution in [3.63, 3.8) is 0 Å². The van der Waals surface area contributed by atoms with Gasteiger partial charge in [0.1, 0.15) is 6.07 Å². The number of rotatable bonds is 6. The van der Waals surface area contributed by atoms with E-state index in [1.165, 1.54) is 46.8 Å². The van der Waals surface area contributed by atoms with Crippen molar-refractivity contribution in [2.24, 2.45) is 0 Å². The van der Waals surface area contributed by atoms with Gasteiger partial charge in [0.15, 0.2) is 6.61 Å². The number of hydrogen-bond acceptors (Lipinski definition) is 6. The van der Waals surface area contributed by atoms with Gasteiger partial charge in [-0.05, 0) is 49.2 Å². The zero-order valence-corrected chi connectivity index (χ0v) is 18.1. The fraction of sp³-hybridized carbons (Fsp3) is 0.286. The lowest BCUT2D eigenvalue weighted by atomic mass is 10.2. The second-order valence-electron chi connectivity index (χ2n) is 6.92. The fourth-order valence-corrected chi connectivity index (χ4v) is 4.89. The predicted molar refractivity (Wildman–Crippen MR) is 114 cm³/mol. The third kappa shape index (κ3) is 5.61. The van der Waals surface area contributed by atoms with Gasteiger partial charge >= 0.3 is 5.97 Å². The van der Waals surface area contributed by atoms with Crippen molar-refractivity contribution < 1.29 is 22.7 Å². The molecule has 0 atom stereocenters. The van der Waals surface area contributed by atoms with E-state index in [0.29, 0.717) is 18.1 Å². The average Bonchev–Trinajstić information content (AvgIpc) is 2.78. The van der Waals surface area contributed by atoms with Crippen LogP contribution in [0.3, 0.4) is 0 Å². The van der Waals surface area contributed by atoms with Crippen LogP contribution in [0.15, 0.2) is 47.4 Å². The molecule has 0 radical (unpaired) electrons. The van der Waals surface area contributed by atoms with Crippen LogP contribution in [0.2, 0.25) is 5.02 Å². The smallest absolute Gasteiger partial charge is 0.338 e. The number of nitrogens with zero attached hydrogens (tertiary/aromatic N) is 2. The molecule has 162 valence electrons. The van der Waals surface area contributed by atoms with Gasteiger partial charge < -0.3 is 10.1 Å². The first-order valence-corrected chi connectivity index (χ1v) is 11.4. The molecule has 1 N–H and O–H groups in total. The highest BCUT2D eigenvalue weighted by Crippen LogP contribution is 2.22. The van der Waals surface area contributed by atoms with E-state index >= 15 is 0 Å². The SMILES string of the molecule is N#Cc1ccc(Cl)cc1NC(=O)COC(=O)c1cccc(S(=O)(=O)N2CCCCC2)c1. The number of piperidine rings is 1. The first-order chi connectivity index (χ1) is 14.8. The second kappa shape index (κ2) is 9.92. The second-order valence-corrected chi connectivity index (χ2v) is 9.29. The first kappa shape index (κ1) is 22.7. The minimum Gasteiger partial charge on any atom is -0.452 e. The molecule has 10 heteroatoms.